The molecule has 0 saturated heterocycles. The first-order valence-corrected chi connectivity index (χ1v) is 8.53. The Morgan fingerprint density at radius 3 is 2.71 bits per heavy atom. The monoisotopic (exact) mass is 324 g/mol. The van der Waals surface area contributed by atoms with Crippen molar-refractivity contribution in [2.45, 2.75) is 39.0 Å². The lowest BCUT2D eigenvalue weighted by atomic mass is 10.1. The van der Waals surface area contributed by atoms with E-state index in [1.807, 2.05) is 42.5 Å². The highest BCUT2D eigenvalue weighted by atomic mass is 16.3. The summed E-state index contributed by atoms with van der Waals surface area (Å²) >= 11 is 0. The normalized spacial score (nSPS) is 15.1. The van der Waals surface area contributed by atoms with Gasteiger partial charge in [0.15, 0.2) is 0 Å². The number of carbonyl (C=O) groups excluding carboxylic acids is 1. The molecule has 1 atom stereocenters. The Labute approximate surface area is 143 Å². The molecule has 1 aliphatic heterocycles. The lowest BCUT2D eigenvalue weighted by Gasteiger charge is -2.14. The van der Waals surface area contributed by atoms with Crippen LogP contribution in [0.2, 0.25) is 0 Å². The number of hydrogen-bond donors (Lipinski definition) is 2. The average molecular weight is 324 g/mol. The van der Waals surface area contributed by atoms with Crippen molar-refractivity contribution < 1.29 is 9.90 Å². The first kappa shape index (κ1) is 16.7. The maximum Gasteiger partial charge on any atom is 0.227 e. The molecule has 1 heterocycles. The van der Waals surface area contributed by atoms with E-state index < -0.39 is 6.10 Å². The summed E-state index contributed by atoms with van der Waals surface area (Å²) in [5, 5.41) is 13.2. The zero-order valence-corrected chi connectivity index (χ0v) is 14.0. The van der Waals surface area contributed by atoms with Gasteiger partial charge in [-0.15, -0.1) is 0 Å². The Morgan fingerprint density at radius 1 is 1.17 bits per heavy atom. The molecule has 4 heteroatoms. The molecule has 2 N–H and O–H groups in total. The maximum absolute atomic E-state index is 12.3. The van der Waals surface area contributed by atoms with Gasteiger partial charge < -0.3 is 10.4 Å². The highest BCUT2D eigenvalue weighted by molar-refractivity contribution is 5.92. The van der Waals surface area contributed by atoms with Crippen molar-refractivity contribution in [1.82, 2.24) is 4.90 Å². The molecule has 2 aromatic rings. The number of benzene rings is 2. The molecule has 0 spiro atoms. The van der Waals surface area contributed by atoms with Gasteiger partial charge >= 0.3 is 0 Å². The van der Waals surface area contributed by atoms with Crippen LogP contribution in [0.1, 0.15) is 42.6 Å². The minimum Gasteiger partial charge on any atom is -0.388 e. The Kier molecular flexibility index (Phi) is 5.28. The molecule has 1 aliphatic rings. The Balaban J connectivity index is 1.65. The number of anilines is 1. The predicted octanol–water partition coefficient (Wildman–Crippen LogP) is 3.47. The van der Waals surface area contributed by atoms with Crippen LogP contribution < -0.4 is 5.32 Å². The molecule has 0 fully saturated rings. The Morgan fingerprint density at radius 2 is 1.96 bits per heavy atom. The fourth-order valence-corrected chi connectivity index (χ4v) is 3.25. The van der Waals surface area contributed by atoms with Crippen LogP contribution in [0.15, 0.2) is 48.5 Å². The topological polar surface area (TPSA) is 52.6 Å². The number of fused-ring (bicyclic) bond motifs is 1. The third kappa shape index (κ3) is 3.83. The molecule has 0 saturated carbocycles. The van der Waals surface area contributed by atoms with Gasteiger partial charge in [-0.2, -0.15) is 0 Å². The lowest BCUT2D eigenvalue weighted by molar-refractivity contribution is -0.118. The van der Waals surface area contributed by atoms with Gasteiger partial charge in [0, 0.05) is 18.8 Å². The second-order valence-corrected chi connectivity index (χ2v) is 6.33. The average Bonchev–Trinajstić information content (AvgIpc) is 2.99. The minimum atomic E-state index is -0.778. The van der Waals surface area contributed by atoms with E-state index in [1.165, 1.54) is 11.1 Å². The number of carbonyl (C=O) groups is 1. The van der Waals surface area contributed by atoms with Crippen molar-refractivity contribution in [3.63, 3.8) is 0 Å². The van der Waals surface area contributed by atoms with Crippen molar-refractivity contribution >= 4 is 11.6 Å². The number of nitrogens with one attached hydrogen (secondary N) is 1. The molecule has 2 aromatic carbocycles. The summed E-state index contributed by atoms with van der Waals surface area (Å²) in [6.45, 7) is 5.06. The van der Waals surface area contributed by atoms with Crippen molar-refractivity contribution in [2.24, 2.45) is 0 Å². The summed E-state index contributed by atoms with van der Waals surface area (Å²) < 4.78 is 0. The first-order chi connectivity index (χ1) is 11.7. The van der Waals surface area contributed by atoms with Crippen LogP contribution in [0.4, 0.5) is 5.69 Å². The third-order valence-corrected chi connectivity index (χ3v) is 4.43. The highest BCUT2D eigenvalue weighted by Crippen LogP contribution is 2.29. The van der Waals surface area contributed by atoms with E-state index in [1.54, 1.807) is 0 Å². The van der Waals surface area contributed by atoms with Gasteiger partial charge in [0.2, 0.25) is 5.91 Å². The van der Waals surface area contributed by atoms with Crippen molar-refractivity contribution in [1.29, 1.82) is 0 Å². The molecule has 24 heavy (non-hydrogen) atoms. The zero-order chi connectivity index (χ0) is 16.9. The van der Waals surface area contributed by atoms with Crippen LogP contribution >= 0.6 is 0 Å². The number of aliphatic hydroxyl groups is 1. The van der Waals surface area contributed by atoms with Crippen molar-refractivity contribution in [2.75, 3.05) is 11.9 Å². The van der Waals surface area contributed by atoms with E-state index in [2.05, 4.69) is 23.2 Å². The number of nitrogens with zero attached hydrogens (tertiary/aromatic N) is 1. The van der Waals surface area contributed by atoms with Gasteiger partial charge in [0.25, 0.3) is 0 Å². The van der Waals surface area contributed by atoms with Crippen LogP contribution in [-0.2, 0) is 17.9 Å². The van der Waals surface area contributed by atoms with E-state index >= 15 is 0 Å². The summed E-state index contributed by atoms with van der Waals surface area (Å²) in [7, 11) is 0. The molecule has 1 unspecified atom stereocenters. The smallest absolute Gasteiger partial charge is 0.227 e. The van der Waals surface area contributed by atoms with Gasteiger partial charge in [-0.25, -0.2) is 0 Å². The van der Waals surface area contributed by atoms with E-state index in [0.717, 1.165) is 37.3 Å². The molecule has 1 amide bonds. The molecule has 0 bridgehead atoms. The second-order valence-electron chi connectivity index (χ2n) is 6.33. The third-order valence-electron chi connectivity index (χ3n) is 4.43. The first-order valence-electron chi connectivity index (χ1n) is 8.53. The minimum absolute atomic E-state index is 0.0619. The van der Waals surface area contributed by atoms with Crippen LogP contribution in [0.3, 0.4) is 0 Å². The van der Waals surface area contributed by atoms with Gasteiger partial charge in [0.05, 0.1) is 12.5 Å². The molecule has 0 radical (unpaired) electrons. The van der Waals surface area contributed by atoms with Gasteiger partial charge in [-0.1, -0.05) is 49.4 Å². The molecule has 4 nitrogen and oxygen atoms in total. The summed E-state index contributed by atoms with van der Waals surface area (Å²) in [4.78, 5) is 14.7. The molecule has 0 aromatic heterocycles. The van der Waals surface area contributed by atoms with Gasteiger partial charge in [-0.05, 0) is 35.7 Å². The van der Waals surface area contributed by atoms with Crippen LogP contribution in [0.5, 0.6) is 0 Å². The zero-order valence-electron chi connectivity index (χ0n) is 14.0. The van der Waals surface area contributed by atoms with Crippen molar-refractivity contribution in [3.8, 4) is 0 Å². The van der Waals surface area contributed by atoms with E-state index in [-0.39, 0.29) is 12.3 Å². The molecular weight excluding hydrogens is 300 g/mol. The van der Waals surface area contributed by atoms with Gasteiger partial charge in [-0.3, -0.25) is 9.69 Å². The SMILES string of the molecule is CCCN1Cc2cccc(NC(=O)CC(O)c3ccccc3)c2C1. The van der Waals surface area contributed by atoms with Crippen LogP contribution in [-0.4, -0.2) is 22.5 Å². The summed E-state index contributed by atoms with van der Waals surface area (Å²) in [6, 6.07) is 15.3. The summed E-state index contributed by atoms with van der Waals surface area (Å²) in [5.41, 5.74) is 4.12. The molecule has 3 rings (SSSR count). The van der Waals surface area contributed by atoms with Crippen molar-refractivity contribution in [3.05, 3.63) is 65.2 Å². The number of aliphatic hydroxyl groups excluding tert-OH is 1. The second kappa shape index (κ2) is 7.60. The fourth-order valence-electron chi connectivity index (χ4n) is 3.25. The summed E-state index contributed by atoms with van der Waals surface area (Å²) in [5.74, 6) is -0.159. The number of rotatable bonds is 6. The quantitative estimate of drug-likeness (QED) is 0.855. The molecule has 0 aliphatic carbocycles. The van der Waals surface area contributed by atoms with Crippen LogP contribution in [0, 0.1) is 0 Å². The maximum atomic E-state index is 12.3. The number of hydrogen-bond acceptors (Lipinski definition) is 3. The summed E-state index contributed by atoms with van der Waals surface area (Å²) in [6.07, 6.45) is 0.408. The fraction of sp³-hybridized carbons (Fsp3) is 0.350. The largest absolute Gasteiger partial charge is 0.388 e. The van der Waals surface area contributed by atoms with E-state index in [0.29, 0.717) is 0 Å². The predicted molar refractivity (Wildman–Crippen MR) is 95.5 cm³/mol. The standard InChI is InChI=1S/C20H24N2O2/c1-2-11-22-13-16-9-6-10-18(17(16)14-22)21-20(24)12-19(23)15-7-4-3-5-8-15/h3-10,19,23H,2,11-14H2,1H3,(H,21,24). The molecular formula is C20H24N2O2. The number of amides is 1. The van der Waals surface area contributed by atoms with Crippen LogP contribution in [0.25, 0.3) is 0 Å². The lowest BCUT2D eigenvalue weighted by Crippen LogP contribution is -2.18. The van der Waals surface area contributed by atoms with E-state index in [4.69, 9.17) is 0 Å². The molecule has 126 valence electrons. The van der Waals surface area contributed by atoms with Gasteiger partial charge in [0.1, 0.15) is 0 Å². The Bertz CT molecular complexity index is 700. The van der Waals surface area contributed by atoms with E-state index in [9.17, 15) is 9.90 Å². The highest BCUT2D eigenvalue weighted by Gasteiger charge is 2.22. The Hall–Kier alpha value is -2.17.